The molecule has 2 bridgehead atoms. The summed E-state index contributed by atoms with van der Waals surface area (Å²) in [4.78, 5) is 24.8. The van der Waals surface area contributed by atoms with E-state index in [1.807, 2.05) is 18.2 Å². The van der Waals surface area contributed by atoms with Crippen molar-refractivity contribution in [1.29, 1.82) is 0 Å². The standard InChI is InChI=1S/C36H53NO13/c1-3-4-12-23-13-10-8-6-5-7-9-11-14-24(48-35-33(42)31(37)32(41)21(2)46-35)18-28-30(34(43)44)25(39)20-36(45,50-28)19-22(38)17-27-26(49-27)15-16-29(40)47-23/h5-11,14-16,21-28,30-33,35,38-39,41-42,45H,3-4,12-13,17-20,37H2,1-2H3,(H,43,44)/b6-5-,9-7+,10-8+,14-11+,16-15+. The first kappa shape index (κ1) is 40.0. The van der Waals surface area contributed by atoms with Crippen molar-refractivity contribution in [3.63, 3.8) is 0 Å². The molecule has 0 radical (unpaired) electrons. The predicted octanol–water partition coefficient (Wildman–Crippen LogP) is 1.29. The lowest BCUT2D eigenvalue weighted by Gasteiger charge is -2.45. The van der Waals surface area contributed by atoms with Gasteiger partial charge in [0, 0.05) is 38.2 Å². The number of aliphatic hydroxyl groups excluding tert-OH is 4. The molecule has 4 heterocycles. The highest BCUT2D eigenvalue weighted by Crippen LogP contribution is 2.39. The Kier molecular flexibility index (Phi) is 14.9. The van der Waals surface area contributed by atoms with Gasteiger partial charge >= 0.3 is 11.9 Å². The summed E-state index contributed by atoms with van der Waals surface area (Å²) in [7, 11) is 0. The maximum Gasteiger partial charge on any atom is 0.330 e. The van der Waals surface area contributed by atoms with Crippen molar-refractivity contribution in [2.24, 2.45) is 11.7 Å². The number of allylic oxidation sites excluding steroid dienone is 6. The summed E-state index contributed by atoms with van der Waals surface area (Å²) in [5, 5.41) is 64.2. The molecule has 3 fully saturated rings. The molecule has 8 N–H and O–H groups in total. The van der Waals surface area contributed by atoms with E-state index in [4.69, 9.17) is 29.4 Å². The highest BCUT2D eigenvalue weighted by molar-refractivity contribution is 5.82. The van der Waals surface area contributed by atoms with Crippen LogP contribution in [0.5, 0.6) is 0 Å². The lowest BCUT2D eigenvalue weighted by molar-refractivity contribution is -0.308. The fraction of sp³-hybridized carbons (Fsp3) is 0.667. The van der Waals surface area contributed by atoms with Gasteiger partial charge in [0.2, 0.25) is 0 Å². The van der Waals surface area contributed by atoms with E-state index in [1.165, 1.54) is 6.08 Å². The Morgan fingerprint density at radius 1 is 0.980 bits per heavy atom. The number of carbonyl (C=O) groups is 2. The molecule has 0 aromatic carbocycles. The number of carboxylic acid groups (broad SMARTS) is 1. The summed E-state index contributed by atoms with van der Waals surface area (Å²) in [6, 6.07) is -1.08. The fourth-order valence-corrected chi connectivity index (χ4v) is 6.54. The van der Waals surface area contributed by atoms with Crippen LogP contribution in [0.2, 0.25) is 0 Å². The summed E-state index contributed by atoms with van der Waals surface area (Å²) in [6.45, 7) is 3.64. The second-order valence-corrected chi connectivity index (χ2v) is 13.5. The minimum Gasteiger partial charge on any atom is -0.481 e. The van der Waals surface area contributed by atoms with Crippen LogP contribution in [0.3, 0.4) is 0 Å². The van der Waals surface area contributed by atoms with Crippen molar-refractivity contribution >= 4 is 11.9 Å². The second-order valence-electron chi connectivity index (χ2n) is 13.5. The van der Waals surface area contributed by atoms with Gasteiger partial charge in [0.1, 0.15) is 24.2 Å². The van der Waals surface area contributed by atoms with Crippen LogP contribution in [0.4, 0.5) is 0 Å². The number of epoxide rings is 1. The number of cyclic esters (lactones) is 1. The molecule has 50 heavy (non-hydrogen) atoms. The normalized spacial score (nSPS) is 45.1. The summed E-state index contributed by atoms with van der Waals surface area (Å²) < 4.78 is 29.0. The second kappa shape index (κ2) is 18.6. The van der Waals surface area contributed by atoms with Crippen LogP contribution < -0.4 is 5.73 Å². The van der Waals surface area contributed by atoms with E-state index in [0.29, 0.717) is 6.42 Å². The van der Waals surface area contributed by atoms with Gasteiger partial charge in [-0.2, -0.15) is 0 Å². The number of carboxylic acids is 1. The zero-order valence-electron chi connectivity index (χ0n) is 28.6. The molecule has 0 aromatic heterocycles. The van der Waals surface area contributed by atoms with Crippen molar-refractivity contribution in [1.82, 2.24) is 0 Å². The molecule has 14 nitrogen and oxygen atoms in total. The van der Waals surface area contributed by atoms with Crippen molar-refractivity contribution in [2.45, 2.75) is 144 Å². The molecule has 4 aliphatic rings. The van der Waals surface area contributed by atoms with Gasteiger partial charge in [-0.25, -0.2) is 4.79 Å². The van der Waals surface area contributed by atoms with E-state index < -0.39 is 97.3 Å². The van der Waals surface area contributed by atoms with Gasteiger partial charge in [-0.1, -0.05) is 68.4 Å². The number of aliphatic carboxylic acids is 1. The Morgan fingerprint density at radius 2 is 1.70 bits per heavy atom. The Bertz CT molecular complexity index is 1270. The molecule has 3 saturated heterocycles. The average molecular weight is 708 g/mol. The number of hydrogen-bond acceptors (Lipinski definition) is 13. The topological polar surface area (TPSA) is 231 Å². The number of ether oxygens (including phenoxy) is 5. The molecule has 280 valence electrons. The van der Waals surface area contributed by atoms with Gasteiger partial charge in [-0.15, -0.1) is 0 Å². The van der Waals surface area contributed by atoms with Crippen molar-refractivity contribution in [3.8, 4) is 0 Å². The van der Waals surface area contributed by atoms with E-state index >= 15 is 0 Å². The lowest BCUT2D eigenvalue weighted by Crippen LogP contribution is -2.61. The molecule has 0 amide bonds. The predicted molar refractivity (Wildman–Crippen MR) is 179 cm³/mol. The van der Waals surface area contributed by atoms with Crippen molar-refractivity contribution in [3.05, 3.63) is 60.8 Å². The molecular formula is C36H53NO13. The number of nitrogens with two attached hydrogens (primary N) is 1. The highest BCUT2D eigenvalue weighted by atomic mass is 16.7. The molecule has 14 atom stereocenters. The van der Waals surface area contributed by atoms with E-state index in [-0.39, 0.29) is 25.4 Å². The van der Waals surface area contributed by atoms with E-state index in [2.05, 4.69) is 6.92 Å². The number of unbranched alkanes of at least 4 members (excludes halogenated alkanes) is 1. The first-order chi connectivity index (χ1) is 23.8. The van der Waals surface area contributed by atoms with Crippen LogP contribution in [-0.2, 0) is 33.3 Å². The number of fused-ring (bicyclic) bond motifs is 3. The Balaban J connectivity index is 1.58. The average Bonchev–Trinajstić information content (AvgIpc) is 3.78. The van der Waals surface area contributed by atoms with Crippen LogP contribution in [0.1, 0.15) is 65.2 Å². The Morgan fingerprint density at radius 3 is 2.42 bits per heavy atom. The van der Waals surface area contributed by atoms with Crippen LogP contribution in [0, 0.1) is 5.92 Å². The van der Waals surface area contributed by atoms with Gasteiger partial charge in [0.25, 0.3) is 0 Å². The van der Waals surface area contributed by atoms with Gasteiger partial charge in [0.15, 0.2) is 12.1 Å². The Labute approximate surface area is 292 Å². The van der Waals surface area contributed by atoms with Crippen molar-refractivity contribution in [2.75, 3.05) is 0 Å². The minimum absolute atomic E-state index is 0.0816. The largest absolute Gasteiger partial charge is 0.481 e. The summed E-state index contributed by atoms with van der Waals surface area (Å²) >= 11 is 0. The number of rotatable bonds is 6. The molecule has 14 heteroatoms. The van der Waals surface area contributed by atoms with E-state index in [9.17, 15) is 40.2 Å². The third kappa shape index (κ3) is 11.6. The molecule has 0 aromatic rings. The van der Waals surface area contributed by atoms with Crippen LogP contribution >= 0.6 is 0 Å². The molecule has 0 aliphatic carbocycles. The summed E-state index contributed by atoms with van der Waals surface area (Å²) in [6.07, 6.45) is 8.24. The monoisotopic (exact) mass is 707 g/mol. The molecule has 4 rings (SSSR count). The van der Waals surface area contributed by atoms with Crippen molar-refractivity contribution < 1.29 is 63.9 Å². The van der Waals surface area contributed by atoms with Crippen LogP contribution in [-0.4, -0.2) is 122 Å². The number of esters is 1. The van der Waals surface area contributed by atoms with Gasteiger partial charge < -0.3 is 60.1 Å². The number of aliphatic hydroxyl groups is 5. The first-order valence-corrected chi connectivity index (χ1v) is 17.4. The van der Waals surface area contributed by atoms with Crippen LogP contribution in [0.15, 0.2) is 60.8 Å². The zero-order chi connectivity index (χ0) is 36.4. The Hall–Kier alpha value is -2.76. The van der Waals surface area contributed by atoms with Crippen LogP contribution in [0.25, 0.3) is 0 Å². The zero-order valence-corrected chi connectivity index (χ0v) is 28.6. The highest BCUT2D eigenvalue weighted by Gasteiger charge is 2.51. The quantitative estimate of drug-likeness (QED) is 0.152. The molecule has 0 spiro atoms. The lowest BCUT2D eigenvalue weighted by atomic mass is 9.83. The summed E-state index contributed by atoms with van der Waals surface area (Å²) in [5.74, 6) is -5.41. The third-order valence-corrected chi connectivity index (χ3v) is 9.35. The minimum atomic E-state index is -2.10. The maximum absolute atomic E-state index is 12.5. The summed E-state index contributed by atoms with van der Waals surface area (Å²) in [5.41, 5.74) is 6.00. The van der Waals surface area contributed by atoms with Gasteiger partial charge in [0.05, 0.1) is 48.8 Å². The SMILES string of the molecule is CCCCC1C/C=C/C=C\C=C\C=C\C(OC2OC(C)C(O)C(N)C2O)CC2OC(O)(CC(O)CC3OC3/C=C/C(=O)O1)CC(O)C2C(=O)O. The molecule has 4 aliphatic heterocycles. The third-order valence-electron chi connectivity index (χ3n) is 9.35. The smallest absolute Gasteiger partial charge is 0.330 e. The fourth-order valence-electron chi connectivity index (χ4n) is 6.54. The molecule has 14 unspecified atom stereocenters. The van der Waals surface area contributed by atoms with Gasteiger partial charge in [-0.3, -0.25) is 4.79 Å². The number of hydrogen-bond donors (Lipinski definition) is 7. The number of carbonyl (C=O) groups excluding carboxylic acids is 1. The van der Waals surface area contributed by atoms with Gasteiger partial charge in [-0.05, 0) is 19.4 Å². The van der Waals surface area contributed by atoms with E-state index in [0.717, 1.165) is 19.3 Å². The molecule has 0 saturated carbocycles. The maximum atomic E-state index is 12.5. The first-order valence-electron chi connectivity index (χ1n) is 17.4. The molecular weight excluding hydrogens is 654 g/mol. The van der Waals surface area contributed by atoms with E-state index in [1.54, 1.807) is 43.4 Å².